The van der Waals surface area contributed by atoms with Gasteiger partial charge in [-0.3, -0.25) is 9.69 Å². The van der Waals surface area contributed by atoms with Crippen LogP contribution in [-0.2, 0) is 4.79 Å². The van der Waals surface area contributed by atoms with Gasteiger partial charge in [-0.25, -0.2) is 0 Å². The van der Waals surface area contributed by atoms with Gasteiger partial charge in [0, 0.05) is 0 Å². The van der Waals surface area contributed by atoms with Crippen LogP contribution in [0.15, 0.2) is 72.8 Å². The van der Waals surface area contributed by atoms with E-state index in [1.54, 1.807) is 6.07 Å². The van der Waals surface area contributed by atoms with Crippen LogP contribution in [0.2, 0.25) is 10.0 Å². The molecule has 0 radical (unpaired) electrons. The molecule has 0 amide bonds. The first-order valence-corrected chi connectivity index (χ1v) is 11.1. The van der Waals surface area contributed by atoms with Gasteiger partial charge in [0.05, 0.1) is 16.1 Å². The Kier molecular flexibility index (Phi) is 6.81. The van der Waals surface area contributed by atoms with Crippen molar-refractivity contribution in [3.8, 4) is 11.5 Å². The Morgan fingerprint density at radius 1 is 0.968 bits per heavy atom. The number of aliphatic carboxylic acids is 1. The molecule has 1 saturated heterocycles. The van der Waals surface area contributed by atoms with Crippen LogP contribution in [-0.4, -0.2) is 28.6 Å². The minimum atomic E-state index is -0.820. The number of carboxylic acids is 1. The molecule has 1 heterocycles. The number of halogens is 2. The lowest BCUT2D eigenvalue weighted by molar-refractivity contribution is -0.145. The molecule has 0 spiro atoms. The lowest BCUT2D eigenvalue weighted by Crippen LogP contribution is -2.46. The van der Waals surface area contributed by atoms with E-state index in [0.29, 0.717) is 28.8 Å². The normalized spacial score (nSPS) is 17.8. The summed E-state index contributed by atoms with van der Waals surface area (Å²) in [6.45, 7) is 0.661. The monoisotopic (exact) mass is 455 g/mol. The lowest BCUT2D eigenvalue weighted by atomic mass is 9.91. The number of rotatable bonds is 6. The summed E-state index contributed by atoms with van der Waals surface area (Å²) >= 11 is 12.9. The number of carbonyl (C=O) groups is 1. The molecule has 160 valence electrons. The van der Waals surface area contributed by atoms with Crippen molar-refractivity contribution in [1.82, 2.24) is 4.90 Å². The molecule has 2 unspecified atom stereocenters. The van der Waals surface area contributed by atoms with Gasteiger partial charge in [0.25, 0.3) is 0 Å². The number of hydrogen-bond donors (Lipinski definition) is 1. The molecule has 0 aliphatic carbocycles. The van der Waals surface area contributed by atoms with Crippen LogP contribution in [0.25, 0.3) is 0 Å². The van der Waals surface area contributed by atoms with Gasteiger partial charge in [-0.2, -0.15) is 0 Å². The number of hydrogen-bond acceptors (Lipinski definition) is 3. The number of piperidine rings is 1. The van der Waals surface area contributed by atoms with E-state index < -0.39 is 12.0 Å². The topological polar surface area (TPSA) is 49.8 Å². The molecule has 3 aromatic rings. The number of likely N-dealkylation sites (tertiary alicyclic amines) is 1. The van der Waals surface area contributed by atoms with Crippen molar-refractivity contribution >= 4 is 29.2 Å². The van der Waals surface area contributed by atoms with Crippen molar-refractivity contribution < 1.29 is 14.6 Å². The highest BCUT2D eigenvalue weighted by Crippen LogP contribution is 2.40. The zero-order valence-corrected chi connectivity index (χ0v) is 18.4. The number of para-hydroxylation sites is 1. The maximum atomic E-state index is 12.1. The van der Waals surface area contributed by atoms with Gasteiger partial charge >= 0.3 is 5.97 Å². The zero-order chi connectivity index (χ0) is 21.8. The Morgan fingerprint density at radius 3 is 2.48 bits per heavy atom. The molecule has 4 rings (SSSR count). The van der Waals surface area contributed by atoms with Crippen LogP contribution >= 0.6 is 23.2 Å². The van der Waals surface area contributed by atoms with Gasteiger partial charge < -0.3 is 9.84 Å². The highest BCUT2D eigenvalue weighted by atomic mass is 35.5. The van der Waals surface area contributed by atoms with Gasteiger partial charge in [0.2, 0.25) is 0 Å². The van der Waals surface area contributed by atoms with Crippen LogP contribution in [0, 0.1) is 0 Å². The molecule has 3 aromatic carbocycles. The van der Waals surface area contributed by atoms with Crippen molar-refractivity contribution in [3.05, 3.63) is 94.0 Å². The highest BCUT2D eigenvalue weighted by molar-refractivity contribution is 6.42. The quantitative estimate of drug-likeness (QED) is 0.443. The Bertz CT molecular complexity index is 1060. The largest absolute Gasteiger partial charge is 0.480 e. The third kappa shape index (κ3) is 4.87. The van der Waals surface area contributed by atoms with Crippen molar-refractivity contribution in [2.24, 2.45) is 0 Å². The van der Waals surface area contributed by atoms with E-state index in [9.17, 15) is 9.90 Å². The summed E-state index contributed by atoms with van der Waals surface area (Å²) < 4.78 is 6.03. The molecule has 1 aliphatic rings. The number of nitrogens with zero attached hydrogens (tertiary/aromatic N) is 1. The third-order valence-corrected chi connectivity index (χ3v) is 6.42. The molecule has 4 nitrogen and oxygen atoms in total. The predicted octanol–water partition coefficient (Wildman–Crippen LogP) is 6.81. The first-order valence-electron chi connectivity index (χ1n) is 10.3. The van der Waals surface area contributed by atoms with Gasteiger partial charge in [-0.05, 0) is 60.8 Å². The number of ether oxygens (including phenoxy) is 1. The molecule has 1 aliphatic heterocycles. The van der Waals surface area contributed by atoms with Crippen LogP contribution in [0.1, 0.15) is 36.4 Å². The molecule has 2 atom stereocenters. The van der Waals surface area contributed by atoms with Crippen molar-refractivity contribution in [1.29, 1.82) is 0 Å². The second kappa shape index (κ2) is 9.73. The van der Waals surface area contributed by atoms with Crippen LogP contribution in [0.5, 0.6) is 11.5 Å². The van der Waals surface area contributed by atoms with Gasteiger partial charge in [0.15, 0.2) is 0 Å². The van der Waals surface area contributed by atoms with Crippen molar-refractivity contribution in [3.63, 3.8) is 0 Å². The van der Waals surface area contributed by atoms with Crippen LogP contribution < -0.4 is 4.74 Å². The molecule has 1 N–H and O–H groups in total. The minimum absolute atomic E-state index is 0.355. The summed E-state index contributed by atoms with van der Waals surface area (Å²) in [5.41, 5.74) is 1.70. The zero-order valence-electron chi connectivity index (χ0n) is 16.9. The fourth-order valence-electron chi connectivity index (χ4n) is 4.18. The van der Waals surface area contributed by atoms with Crippen LogP contribution in [0.4, 0.5) is 0 Å². The second-order valence-electron chi connectivity index (χ2n) is 7.62. The van der Waals surface area contributed by atoms with E-state index in [1.165, 1.54) is 0 Å². The van der Waals surface area contributed by atoms with E-state index in [4.69, 9.17) is 27.9 Å². The average molecular weight is 456 g/mol. The van der Waals surface area contributed by atoms with E-state index in [1.807, 2.05) is 71.6 Å². The fourth-order valence-corrected chi connectivity index (χ4v) is 4.59. The molecule has 6 heteroatoms. The minimum Gasteiger partial charge on any atom is -0.480 e. The van der Waals surface area contributed by atoms with E-state index in [0.717, 1.165) is 29.7 Å². The SMILES string of the molecule is O=C(O)C1CCCCN1C(c1cccc(Oc2ccccc2)c1)c1cccc(Cl)c1Cl. The Balaban J connectivity index is 1.78. The third-order valence-electron chi connectivity index (χ3n) is 5.59. The molecule has 31 heavy (non-hydrogen) atoms. The Hall–Kier alpha value is -2.53. The molecule has 1 fully saturated rings. The molecular weight excluding hydrogens is 433 g/mol. The summed E-state index contributed by atoms with van der Waals surface area (Å²) in [7, 11) is 0. The standard InChI is InChI=1S/C25H23Cl2NO3/c26-21-13-7-12-20(23(21)27)24(28-15-5-4-14-22(28)25(29)30)17-8-6-11-19(16-17)31-18-9-2-1-3-10-18/h1-3,6-13,16,22,24H,4-5,14-15H2,(H,29,30). The molecule has 0 saturated carbocycles. The summed E-state index contributed by atoms with van der Waals surface area (Å²) in [5, 5.41) is 10.8. The van der Waals surface area contributed by atoms with Crippen molar-refractivity contribution in [2.45, 2.75) is 31.3 Å². The lowest BCUT2D eigenvalue weighted by Gasteiger charge is -2.40. The van der Waals surface area contributed by atoms with Gasteiger partial charge in [0.1, 0.15) is 17.5 Å². The summed E-state index contributed by atoms with van der Waals surface area (Å²) in [5.74, 6) is 0.591. The van der Waals surface area contributed by atoms with Gasteiger partial charge in [-0.15, -0.1) is 0 Å². The molecule has 0 bridgehead atoms. The van der Waals surface area contributed by atoms with Crippen LogP contribution in [0.3, 0.4) is 0 Å². The molecular formula is C25H23Cl2NO3. The second-order valence-corrected chi connectivity index (χ2v) is 8.41. The average Bonchev–Trinajstić information content (AvgIpc) is 2.78. The van der Waals surface area contributed by atoms with E-state index in [2.05, 4.69) is 0 Å². The molecule has 0 aromatic heterocycles. The maximum Gasteiger partial charge on any atom is 0.320 e. The summed E-state index contributed by atoms with van der Waals surface area (Å²) in [6, 6.07) is 21.8. The fraction of sp³-hybridized carbons (Fsp3) is 0.240. The smallest absolute Gasteiger partial charge is 0.320 e. The Morgan fingerprint density at radius 2 is 1.71 bits per heavy atom. The first-order chi connectivity index (χ1) is 15.0. The van der Waals surface area contributed by atoms with E-state index in [-0.39, 0.29) is 6.04 Å². The van der Waals surface area contributed by atoms with Crippen molar-refractivity contribution in [2.75, 3.05) is 6.54 Å². The maximum absolute atomic E-state index is 12.1. The van der Waals surface area contributed by atoms with Gasteiger partial charge in [-0.1, -0.05) is 72.1 Å². The number of benzene rings is 3. The first kappa shape index (κ1) is 21.7. The summed E-state index contributed by atoms with van der Waals surface area (Å²) in [6.07, 6.45) is 2.42. The Labute approximate surface area is 192 Å². The number of carboxylic acid groups (broad SMARTS) is 1. The highest BCUT2D eigenvalue weighted by Gasteiger charge is 2.36. The summed E-state index contributed by atoms with van der Waals surface area (Å²) in [4.78, 5) is 14.1. The predicted molar refractivity (Wildman–Crippen MR) is 123 cm³/mol. The van der Waals surface area contributed by atoms with E-state index >= 15 is 0 Å².